The Morgan fingerprint density at radius 1 is 1.30 bits per heavy atom. The number of aryl methyl sites for hydroxylation is 2. The van der Waals surface area contributed by atoms with Crippen LogP contribution in [0.4, 0.5) is 8.78 Å². The zero-order chi connectivity index (χ0) is 14.7. The molecule has 108 valence electrons. The molecule has 1 atom stereocenters. The van der Waals surface area contributed by atoms with Gasteiger partial charge in [-0.25, -0.2) is 8.78 Å². The van der Waals surface area contributed by atoms with E-state index in [2.05, 4.69) is 10.4 Å². The summed E-state index contributed by atoms with van der Waals surface area (Å²) in [7, 11) is 1.87. The number of nitrogens with zero attached hydrogens (tertiary/aromatic N) is 2. The molecule has 1 aromatic carbocycles. The SMILES string of the molecule is Cc1nn(C)cc1CNC(C)Cc1c(F)cccc1F. The third-order valence-corrected chi connectivity index (χ3v) is 3.33. The summed E-state index contributed by atoms with van der Waals surface area (Å²) < 4.78 is 28.9. The molecular formula is C15H19F2N3. The van der Waals surface area contributed by atoms with Crippen LogP contribution in [-0.4, -0.2) is 15.8 Å². The van der Waals surface area contributed by atoms with Gasteiger partial charge < -0.3 is 5.32 Å². The molecule has 2 rings (SSSR count). The van der Waals surface area contributed by atoms with Gasteiger partial charge in [-0.3, -0.25) is 4.68 Å². The Kier molecular flexibility index (Phi) is 4.49. The summed E-state index contributed by atoms with van der Waals surface area (Å²) in [5.74, 6) is -0.979. The van der Waals surface area contributed by atoms with E-state index in [0.29, 0.717) is 13.0 Å². The third-order valence-electron chi connectivity index (χ3n) is 3.33. The fourth-order valence-electron chi connectivity index (χ4n) is 2.21. The van der Waals surface area contributed by atoms with Crippen LogP contribution in [0.15, 0.2) is 24.4 Å². The van der Waals surface area contributed by atoms with E-state index in [1.807, 2.05) is 27.1 Å². The number of nitrogens with one attached hydrogen (secondary N) is 1. The second-order valence-electron chi connectivity index (χ2n) is 5.10. The van der Waals surface area contributed by atoms with Crippen LogP contribution in [0.2, 0.25) is 0 Å². The maximum atomic E-state index is 13.6. The van der Waals surface area contributed by atoms with Crippen LogP contribution in [-0.2, 0) is 20.0 Å². The average molecular weight is 279 g/mol. The molecule has 0 saturated carbocycles. The van der Waals surface area contributed by atoms with Crippen LogP contribution in [0.25, 0.3) is 0 Å². The summed E-state index contributed by atoms with van der Waals surface area (Å²) >= 11 is 0. The van der Waals surface area contributed by atoms with Crippen LogP contribution < -0.4 is 5.32 Å². The second-order valence-corrected chi connectivity index (χ2v) is 5.10. The van der Waals surface area contributed by atoms with Gasteiger partial charge in [0.2, 0.25) is 0 Å². The van der Waals surface area contributed by atoms with Crippen molar-refractivity contribution in [2.24, 2.45) is 7.05 Å². The number of hydrogen-bond acceptors (Lipinski definition) is 2. The standard InChI is InChI=1S/C15H19F2N3/c1-10(7-13-14(16)5-4-6-15(13)17)18-8-12-9-20(3)19-11(12)2/h4-6,9-10,18H,7-8H2,1-3H3. The second kappa shape index (κ2) is 6.13. The van der Waals surface area contributed by atoms with Gasteiger partial charge >= 0.3 is 0 Å². The van der Waals surface area contributed by atoms with Gasteiger partial charge in [0, 0.05) is 37.0 Å². The highest BCUT2D eigenvalue weighted by molar-refractivity contribution is 5.21. The maximum Gasteiger partial charge on any atom is 0.129 e. The normalized spacial score (nSPS) is 12.7. The fraction of sp³-hybridized carbons (Fsp3) is 0.400. The lowest BCUT2D eigenvalue weighted by Crippen LogP contribution is -2.28. The van der Waals surface area contributed by atoms with E-state index in [1.165, 1.54) is 18.2 Å². The Balaban J connectivity index is 1.96. The zero-order valence-corrected chi connectivity index (χ0v) is 12.0. The molecule has 3 nitrogen and oxygen atoms in total. The monoisotopic (exact) mass is 279 g/mol. The van der Waals surface area contributed by atoms with E-state index in [9.17, 15) is 8.78 Å². The molecule has 0 aliphatic heterocycles. The first-order chi connectivity index (χ1) is 9.47. The van der Waals surface area contributed by atoms with Crippen molar-refractivity contribution < 1.29 is 8.78 Å². The molecule has 1 N–H and O–H groups in total. The molecule has 2 aromatic rings. The number of aromatic nitrogens is 2. The van der Waals surface area contributed by atoms with Gasteiger partial charge in [0.1, 0.15) is 11.6 Å². The van der Waals surface area contributed by atoms with Crippen molar-refractivity contribution in [3.05, 3.63) is 52.9 Å². The molecule has 0 fully saturated rings. The molecule has 0 aliphatic rings. The van der Waals surface area contributed by atoms with E-state index < -0.39 is 11.6 Å². The minimum absolute atomic E-state index is 0.0268. The van der Waals surface area contributed by atoms with Gasteiger partial charge in [0.05, 0.1) is 5.69 Å². The van der Waals surface area contributed by atoms with Crippen LogP contribution in [0.3, 0.4) is 0 Å². The Morgan fingerprint density at radius 2 is 1.95 bits per heavy atom. The predicted molar refractivity (Wildman–Crippen MR) is 74.3 cm³/mol. The minimum Gasteiger partial charge on any atom is -0.310 e. The Morgan fingerprint density at radius 3 is 2.50 bits per heavy atom. The summed E-state index contributed by atoms with van der Waals surface area (Å²) in [5, 5.41) is 7.53. The predicted octanol–water partition coefficient (Wildman–Crippen LogP) is 2.73. The van der Waals surface area contributed by atoms with E-state index >= 15 is 0 Å². The van der Waals surface area contributed by atoms with Crippen LogP contribution in [0.5, 0.6) is 0 Å². The smallest absolute Gasteiger partial charge is 0.129 e. The molecule has 1 aromatic heterocycles. The molecule has 5 heteroatoms. The lowest BCUT2D eigenvalue weighted by molar-refractivity contribution is 0.499. The number of halogens is 2. The highest BCUT2D eigenvalue weighted by atomic mass is 19.1. The molecule has 1 unspecified atom stereocenters. The van der Waals surface area contributed by atoms with Gasteiger partial charge in [-0.2, -0.15) is 5.10 Å². The Labute approximate surface area is 117 Å². The van der Waals surface area contributed by atoms with Crippen LogP contribution in [0, 0.1) is 18.6 Å². The molecular weight excluding hydrogens is 260 g/mol. The van der Waals surface area contributed by atoms with E-state index in [0.717, 1.165) is 11.3 Å². The van der Waals surface area contributed by atoms with Crippen molar-refractivity contribution in [2.75, 3.05) is 0 Å². The van der Waals surface area contributed by atoms with E-state index in [-0.39, 0.29) is 11.6 Å². The van der Waals surface area contributed by atoms with Gasteiger partial charge in [0.25, 0.3) is 0 Å². The topological polar surface area (TPSA) is 29.9 Å². The van der Waals surface area contributed by atoms with Crippen molar-refractivity contribution in [1.82, 2.24) is 15.1 Å². The quantitative estimate of drug-likeness (QED) is 0.912. The summed E-state index contributed by atoms with van der Waals surface area (Å²) in [6.07, 6.45) is 2.26. The molecule has 1 heterocycles. The minimum atomic E-state index is -0.490. The number of hydrogen-bond donors (Lipinski definition) is 1. The van der Waals surface area contributed by atoms with Crippen molar-refractivity contribution >= 4 is 0 Å². The Bertz CT molecular complexity index is 573. The molecule has 0 bridgehead atoms. The average Bonchev–Trinajstić information content (AvgIpc) is 2.70. The van der Waals surface area contributed by atoms with E-state index in [4.69, 9.17) is 0 Å². The lowest BCUT2D eigenvalue weighted by atomic mass is 10.1. The van der Waals surface area contributed by atoms with Gasteiger partial charge in [-0.15, -0.1) is 0 Å². The summed E-state index contributed by atoms with van der Waals surface area (Å²) in [4.78, 5) is 0. The van der Waals surface area contributed by atoms with Crippen molar-refractivity contribution in [3.63, 3.8) is 0 Å². The first kappa shape index (κ1) is 14.7. The molecule has 20 heavy (non-hydrogen) atoms. The van der Waals surface area contributed by atoms with Crippen molar-refractivity contribution in [2.45, 2.75) is 32.9 Å². The molecule has 0 spiro atoms. The lowest BCUT2D eigenvalue weighted by Gasteiger charge is -2.14. The third kappa shape index (κ3) is 3.42. The molecule has 0 amide bonds. The highest BCUT2D eigenvalue weighted by Crippen LogP contribution is 2.14. The molecule has 0 saturated heterocycles. The summed E-state index contributed by atoms with van der Waals surface area (Å²) in [6.45, 7) is 4.49. The van der Waals surface area contributed by atoms with Gasteiger partial charge in [0.15, 0.2) is 0 Å². The maximum absolute atomic E-state index is 13.6. The fourth-order valence-corrected chi connectivity index (χ4v) is 2.21. The largest absolute Gasteiger partial charge is 0.310 e. The van der Waals surface area contributed by atoms with Crippen molar-refractivity contribution in [3.8, 4) is 0 Å². The van der Waals surface area contributed by atoms with Crippen molar-refractivity contribution in [1.29, 1.82) is 0 Å². The first-order valence-electron chi connectivity index (χ1n) is 6.62. The van der Waals surface area contributed by atoms with E-state index in [1.54, 1.807) is 4.68 Å². The Hall–Kier alpha value is -1.75. The first-order valence-corrected chi connectivity index (χ1v) is 6.62. The van der Waals surface area contributed by atoms with Crippen LogP contribution in [0.1, 0.15) is 23.7 Å². The highest BCUT2D eigenvalue weighted by Gasteiger charge is 2.13. The molecule has 0 aliphatic carbocycles. The summed E-state index contributed by atoms with van der Waals surface area (Å²) in [6, 6.07) is 3.93. The zero-order valence-electron chi connectivity index (χ0n) is 12.0. The summed E-state index contributed by atoms with van der Waals surface area (Å²) in [5.41, 5.74) is 2.19. The number of benzene rings is 1. The van der Waals surface area contributed by atoms with Gasteiger partial charge in [-0.1, -0.05) is 6.07 Å². The molecule has 0 radical (unpaired) electrons. The van der Waals surface area contributed by atoms with Crippen LogP contribution >= 0.6 is 0 Å². The number of rotatable bonds is 5. The van der Waals surface area contributed by atoms with Gasteiger partial charge in [-0.05, 0) is 32.4 Å².